The fraction of sp³-hybridized carbons (Fsp3) is 0.0877. The molecule has 0 saturated heterocycles. The minimum Gasteiger partial charge on any atom is -0.313 e. The summed E-state index contributed by atoms with van der Waals surface area (Å²) in [5, 5.41) is 6.36. The number of hydrogen-bond donors (Lipinski definition) is 0. The first kappa shape index (κ1) is 33.6. The summed E-state index contributed by atoms with van der Waals surface area (Å²) in [6.07, 6.45) is 6.76. The molecule has 0 atom stereocenters. The lowest BCUT2D eigenvalue weighted by Crippen LogP contribution is -2.15. The minimum atomic E-state index is -0.115. The molecule has 0 saturated carbocycles. The van der Waals surface area contributed by atoms with Crippen molar-refractivity contribution < 1.29 is 0 Å². The highest BCUT2D eigenvalue weighted by Crippen LogP contribution is 2.51. The molecule has 3 aromatic heterocycles. The quantitative estimate of drug-likeness (QED) is 0.169. The van der Waals surface area contributed by atoms with Gasteiger partial charge < -0.3 is 13.7 Å². The van der Waals surface area contributed by atoms with Gasteiger partial charge in [0.1, 0.15) is 0 Å². The second-order valence-electron chi connectivity index (χ2n) is 17.3. The normalized spacial score (nSPS) is 14.1. The van der Waals surface area contributed by atoms with Crippen LogP contribution >= 0.6 is 0 Å². The summed E-state index contributed by atoms with van der Waals surface area (Å²) in [5.41, 5.74) is 20.1. The van der Waals surface area contributed by atoms with Crippen molar-refractivity contribution in [3.8, 4) is 39.3 Å². The van der Waals surface area contributed by atoms with Gasteiger partial charge in [-0.3, -0.25) is 0 Å². The van der Waals surface area contributed by atoms with Gasteiger partial charge in [-0.05, 0) is 119 Å². The van der Waals surface area contributed by atoms with Crippen LogP contribution in [0.1, 0.15) is 42.7 Å². The summed E-state index contributed by atoms with van der Waals surface area (Å²) < 4.78 is 7.48. The third kappa shape index (κ3) is 4.60. The van der Waals surface area contributed by atoms with E-state index in [0.29, 0.717) is 0 Å². The first-order valence-electron chi connectivity index (χ1n) is 21.2. The van der Waals surface area contributed by atoms with Gasteiger partial charge in [0.2, 0.25) is 0 Å². The Kier molecular flexibility index (Phi) is 6.90. The van der Waals surface area contributed by atoms with Crippen molar-refractivity contribution in [3.05, 3.63) is 204 Å². The van der Waals surface area contributed by atoms with E-state index in [1.54, 1.807) is 0 Å². The van der Waals surface area contributed by atoms with E-state index in [-0.39, 0.29) is 5.41 Å². The number of benzene rings is 8. The first-order valence-corrected chi connectivity index (χ1v) is 21.2. The first-order chi connectivity index (χ1) is 29.5. The van der Waals surface area contributed by atoms with E-state index >= 15 is 0 Å². The van der Waals surface area contributed by atoms with Gasteiger partial charge in [0.25, 0.3) is 0 Å². The number of hydrogen-bond acceptors (Lipinski definition) is 0. The van der Waals surface area contributed by atoms with Crippen LogP contribution in [0.2, 0.25) is 0 Å². The number of nitrogens with zero attached hydrogens (tertiary/aromatic N) is 3. The largest absolute Gasteiger partial charge is 0.313 e. The van der Waals surface area contributed by atoms with Crippen molar-refractivity contribution in [1.82, 2.24) is 13.7 Å². The Labute approximate surface area is 348 Å². The number of aromatic nitrogens is 3. The number of para-hydroxylation sites is 4. The van der Waals surface area contributed by atoms with Crippen molar-refractivity contribution in [1.29, 1.82) is 0 Å². The molecule has 2 aliphatic rings. The highest BCUT2D eigenvalue weighted by molar-refractivity contribution is 6.12. The van der Waals surface area contributed by atoms with Crippen molar-refractivity contribution in [3.63, 3.8) is 0 Å². The van der Waals surface area contributed by atoms with Crippen LogP contribution < -0.4 is 0 Å². The zero-order valence-electron chi connectivity index (χ0n) is 33.7. The van der Waals surface area contributed by atoms with Gasteiger partial charge in [-0.1, -0.05) is 129 Å². The molecule has 3 nitrogen and oxygen atoms in total. The van der Waals surface area contributed by atoms with E-state index in [1.807, 2.05) is 0 Å². The topological polar surface area (TPSA) is 14.8 Å². The fourth-order valence-electron chi connectivity index (χ4n) is 10.9. The molecule has 0 bridgehead atoms. The zero-order valence-corrected chi connectivity index (χ0v) is 33.7. The molecule has 0 N–H and O–H groups in total. The van der Waals surface area contributed by atoms with Crippen molar-refractivity contribution in [2.75, 3.05) is 0 Å². The summed E-state index contributed by atoms with van der Waals surface area (Å²) in [6, 6.07) is 65.8. The number of fused-ring (bicyclic) bond motifs is 12. The molecule has 8 aromatic carbocycles. The Morgan fingerprint density at radius 3 is 1.72 bits per heavy atom. The lowest BCUT2D eigenvalue weighted by molar-refractivity contribution is 0.661. The summed E-state index contributed by atoms with van der Waals surface area (Å²) >= 11 is 0. The average molecular weight is 768 g/mol. The Bertz CT molecular complexity index is 3570. The van der Waals surface area contributed by atoms with Gasteiger partial charge >= 0.3 is 0 Å². The lowest BCUT2D eigenvalue weighted by atomic mass is 9.82. The zero-order chi connectivity index (χ0) is 39.7. The predicted molar refractivity (Wildman–Crippen MR) is 252 cm³/mol. The van der Waals surface area contributed by atoms with E-state index < -0.39 is 0 Å². The molecular formula is C57H41N3. The third-order valence-electron chi connectivity index (χ3n) is 13.7. The van der Waals surface area contributed by atoms with E-state index in [9.17, 15) is 0 Å². The molecule has 0 spiro atoms. The van der Waals surface area contributed by atoms with Gasteiger partial charge in [-0.15, -0.1) is 0 Å². The van der Waals surface area contributed by atoms with Gasteiger partial charge in [0.05, 0.1) is 27.6 Å². The Morgan fingerprint density at radius 1 is 0.400 bits per heavy atom. The molecular weight excluding hydrogens is 727 g/mol. The molecule has 0 radical (unpaired) electrons. The maximum Gasteiger partial charge on any atom is 0.0544 e. The molecule has 284 valence electrons. The van der Waals surface area contributed by atoms with Gasteiger partial charge in [0, 0.05) is 60.7 Å². The standard InChI is InChI=1S/C57H41N3/c1-57(2)49-23-11-6-18-41(49)46-34-48-45-22-10-15-27-54(45)60(56(48)35-50(46)57)40-31-37(30-39(33-40)59-51-24-12-7-19-42(51)43-20-8-13-25-52(43)59)36-28-29-55-47(32-36)44-21-9-14-26-53(44)58(55)38-16-4-3-5-17-38/h3-13,15-25,27-35H,14,26H2,1-2H3. The van der Waals surface area contributed by atoms with Crippen LogP contribution in [0.15, 0.2) is 182 Å². The van der Waals surface area contributed by atoms with Gasteiger partial charge in [0.15, 0.2) is 0 Å². The number of allylic oxidation sites excluding steroid dienone is 1. The number of rotatable bonds is 4. The summed E-state index contributed by atoms with van der Waals surface area (Å²) in [5.74, 6) is 0. The molecule has 2 aliphatic carbocycles. The molecule has 3 heterocycles. The Morgan fingerprint density at radius 2 is 1.00 bits per heavy atom. The average Bonchev–Trinajstić information content (AvgIpc) is 3.99. The minimum absolute atomic E-state index is 0.115. The Hall–Kier alpha value is -7.36. The van der Waals surface area contributed by atoms with Crippen molar-refractivity contribution >= 4 is 60.6 Å². The molecule has 13 rings (SSSR count). The van der Waals surface area contributed by atoms with E-state index in [4.69, 9.17) is 0 Å². The third-order valence-corrected chi connectivity index (χ3v) is 13.7. The van der Waals surface area contributed by atoms with Crippen LogP contribution in [-0.2, 0) is 11.8 Å². The fourth-order valence-corrected chi connectivity index (χ4v) is 10.9. The second-order valence-corrected chi connectivity index (χ2v) is 17.3. The highest BCUT2D eigenvalue weighted by Gasteiger charge is 2.36. The smallest absolute Gasteiger partial charge is 0.0544 e. The molecule has 0 aliphatic heterocycles. The second kappa shape index (κ2) is 12.3. The SMILES string of the molecule is CC1(C)c2ccccc2-c2cc3c4ccccc4n(-c4cc(-c5ccc6c(c5)c5c(n6-c6ccccc6)CCC=C5)cc(-n5c6ccccc6c6ccccc65)c4)c3cc21. The molecule has 0 amide bonds. The lowest BCUT2D eigenvalue weighted by Gasteiger charge is -2.22. The van der Waals surface area contributed by atoms with Crippen molar-refractivity contribution in [2.45, 2.75) is 32.1 Å². The van der Waals surface area contributed by atoms with E-state index in [2.05, 4.69) is 216 Å². The van der Waals surface area contributed by atoms with Crippen LogP contribution in [0.5, 0.6) is 0 Å². The predicted octanol–water partition coefficient (Wildman–Crippen LogP) is 14.8. The maximum absolute atomic E-state index is 2.53. The summed E-state index contributed by atoms with van der Waals surface area (Å²) in [7, 11) is 0. The van der Waals surface area contributed by atoms with Crippen molar-refractivity contribution in [2.24, 2.45) is 0 Å². The van der Waals surface area contributed by atoms with E-state index in [0.717, 1.165) is 24.2 Å². The molecule has 0 unspecified atom stereocenters. The molecule has 11 aromatic rings. The summed E-state index contributed by atoms with van der Waals surface area (Å²) in [4.78, 5) is 0. The van der Waals surface area contributed by atoms with Crippen LogP contribution in [0.25, 0.3) is 99.9 Å². The van der Waals surface area contributed by atoms with Gasteiger partial charge in [-0.2, -0.15) is 0 Å². The van der Waals surface area contributed by atoms with Crippen LogP contribution in [-0.4, -0.2) is 13.7 Å². The molecule has 0 fully saturated rings. The van der Waals surface area contributed by atoms with Crippen LogP contribution in [0, 0.1) is 0 Å². The highest BCUT2D eigenvalue weighted by atomic mass is 15.0. The maximum atomic E-state index is 2.53. The molecule has 3 heteroatoms. The summed E-state index contributed by atoms with van der Waals surface area (Å²) in [6.45, 7) is 4.76. The Balaban J connectivity index is 1.11. The van der Waals surface area contributed by atoms with Gasteiger partial charge in [-0.25, -0.2) is 0 Å². The monoisotopic (exact) mass is 767 g/mol. The van der Waals surface area contributed by atoms with Crippen LogP contribution in [0.4, 0.5) is 0 Å². The molecule has 60 heavy (non-hydrogen) atoms. The van der Waals surface area contributed by atoms with Crippen LogP contribution in [0.3, 0.4) is 0 Å². The van der Waals surface area contributed by atoms with E-state index in [1.165, 1.54) is 105 Å².